The molecular formula is C14H13BrFNO. The number of benzene rings is 2. The molecule has 2 rings (SSSR count). The molecule has 0 aliphatic rings. The molecule has 2 aromatic carbocycles. The summed E-state index contributed by atoms with van der Waals surface area (Å²) in [5, 5.41) is 0. The Bertz CT molecular complexity index is 528. The molecule has 0 bridgehead atoms. The lowest BCUT2D eigenvalue weighted by Gasteiger charge is -2.07. The van der Waals surface area contributed by atoms with E-state index in [0.717, 1.165) is 16.8 Å². The van der Waals surface area contributed by atoms with Gasteiger partial charge in [-0.2, -0.15) is 0 Å². The monoisotopic (exact) mass is 309 g/mol. The Labute approximate surface area is 114 Å². The van der Waals surface area contributed by atoms with E-state index in [2.05, 4.69) is 15.9 Å². The summed E-state index contributed by atoms with van der Waals surface area (Å²) >= 11 is 3.20. The fraction of sp³-hybridized carbons (Fsp3) is 0.143. The summed E-state index contributed by atoms with van der Waals surface area (Å²) < 4.78 is 19.3. The summed E-state index contributed by atoms with van der Waals surface area (Å²) in [4.78, 5) is 0. The first-order valence-corrected chi connectivity index (χ1v) is 6.31. The molecule has 0 atom stereocenters. The first-order chi connectivity index (χ1) is 8.66. The van der Waals surface area contributed by atoms with Gasteiger partial charge < -0.3 is 10.5 Å². The van der Waals surface area contributed by atoms with E-state index >= 15 is 0 Å². The zero-order valence-corrected chi connectivity index (χ0v) is 11.3. The molecular weight excluding hydrogens is 297 g/mol. The number of hydrogen-bond acceptors (Lipinski definition) is 2. The maximum absolute atomic E-state index is 13.3. The van der Waals surface area contributed by atoms with Gasteiger partial charge in [0.1, 0.15) is 5.82 Å². The zero-order valence-electron chi connectivity index (χ0n) is 9.70. The van der Waals surface area contributed by atoms with Gasteiger partial charge in [0.05, 0.1) is 17.7 Å². The Morgan fingerprint density at radius 2 is 1.78 bits per heavy atom. The van der Waals surface area contributed by atoms with Crippen LogP contribution in [0, 0.1) is 5.82 Å². The molecule has 0 saturated carbocycles. The van der Waals surface area contributed by atoms with Crippen LogP contribution in [0.3, 0.4) is 0 Å². The minimum absolute atomic E-state index is 0.274. The van der Waals surface area contributed by atoms with E-state index in [1.54, 1.807) is 6.07 Å². The highest BCUT2D eigenvalue weighted by molar-refractivity contribution is 9.10. The lowest BCUT2D eigenvalue weighted by molar-refractivity contribution is 0.106. The molecule has 0 radical (unpaired) electrons. The van der Waals surface area contributed by atoms with Gasteiger partial charge in [-0.15, -0.1) is 0 Å². The number of rotatable bonds is 4. The molecule has 0 heterocycles. The second kappa shape index (κ2) is 5.98. The van der Waals surface area contributed by atoms with Crippen molar-refractivity contribution in [2.24, 2.45) is 0 Å². The van der Waals surface area contributed by atoms with E-state index in [1.807, 2.05) is 30.3 Å². The summed E-state index contributed by atoms with van der Waals surface area (Å²) in [6, 6.07) is 12.4. The summed E-state index contributed by atoms with van der Waals surface area (Å²) in [5.41, 5.74) is 8.16. The number of ether oxygens (including phenoxy) is 1. The molecule has 0 aliphatic carbocycles. The van der Waals surface area contributed by atoms with Crippen LogP contribution in [0.2, 0.25) is 0 Å². The maximum atomic E-state index is 13.3. The van der Waals surface area contributed by atoms with E-state index in [9.17, 15) is 4.39 Å². The van der Waals surface area contributed by atoms with Gasteiger partial charge in [0.25, 0.3) is 0 Å². The number of nitrogens with two attached hydrogens (primary N) is 1. The first kappa shape index (κ1) is 13.1. The van der Waals surface area contributed by atoms with E-state index in [4.69, 9.17) is 10.5 Å². The Balaban J connectivity index is 1.92. The largest absolute Gasteiger partial charge is 0.399 e. The molecule has 2 N–H and O–H groups in total. The lowest BCUT2D eigenvalue weighted by atomic mass is 10.2. The highest BCUT2D eigenvalue weighted by Crippen LogP contribution is 2.21. The SMILES string of the molecule is Nc1ccc(COCc2cccc(F)c2Br)cc1. The Morgan fingerprint density at radius 3 is 2.50 bits per heavy atom. The molecule has 0 amide bonds. The number of nitrogen functional groups attached to an aromatic ring is 1. The summed E-state index contributed by atoms with van der Waals surface area (Å²) in [7, 11) is 0. The minimum Gasteiger partial charge on any atom is -0.399 e. The fourth-order valence-electron chi connectivity index (χ4n) is 1.55. The van der Waals surface area contributed by atoms with Crippen LogP contribution in [-0.4, -0.2) is 0 Å². The van der Waals surface area contributed by atoms with Gasteiger partial charge in [0.2, 0.25) is 0 Å². The molecule has 0 saturated heterocycles. The summed E-state index contributed by atoms with van der Waals surface area (Å²) in [6.45, 7) is 0.839. The number of halogens is 2. The maximum Gasteiger partial charge on any atom is 0.137 e. The fourth-order valence-corrected chi connectivity index (χ4v) is 1.93. The quantitative estimate of drug-likeness (QED) is 0.870. The molecule has 4 heteroatoms. The van der Waals surface area contributed by atoms with Crippen LogP contribution in [0.1, 0.15) is 11.1 Å². The van der Waals surface area contributed by atoms with Crippen molar-refractivity contribution in [2.75, 3.05) is 5.73 Å². The van der Waals surface area contributed by atoms with Crippen molar-refractivity contribution >= 4 is 21.6 Å². The van der Waals surface area contributed by atoms with Gasteiger partial charge in [-0.3, -0.25) is 0 Å². The molecule has 0 fully saturated rings. The molecule has 94 valence electrons. The van der Waals surface area contributed by atoms with E-state index in [1.165, 1.54) is 6.07 Å². The smallest absolute Gasteiger partial charge is 0.137 e. The van der Waals surface area contributed by atoms with Crippen LogP contribution in [0.4, 0.5) is 10.1 Å². The number of hydrogen-bond donors (Lipinski definition) is 1. The van der Waals surface area contributed by atoms with Gasteiger partial charge in [-0.05, 0) is 45.3 Å². The highest BCUT2D eigenvalue weighted by Gasteiger charge is 2.04. The van der Waals surface area contributed by atoms with Crippen molar-refractivity contribution in [2.45, 2.75) is 13.2 Å². The van der Waals surface area contributed by atoms with Crippen molar-refractivity contribution in [3.63, 3.8) is 0 Å². The van der Waals surface area contributed by atoms with Gasteiger partial charge in [-0.1, -0.05) is 24.3 Å². The molecule has 0 spiro atoms. The third-order valence-electron chi connectivity index (χ3n) is 2.54. The minimum atomic E-state index is -0.274. The third kappa shape index (κ3) is 3.31. The predicted molar refractivity (Wildman–Crippen MR) is 73.4 cm³/mol. The second-order valence-electron chi connectivity index (χ2n) is 3.95. The van der Waals surface area contributed by atoms with Gasteiger partial charge in [0, 0.05) is 5.69 Å². The van der Waals surface area contributed by atoms with Crippen LogP contribution < -0.4 is 5.73 Å². The van der Waals surface area contributed by atoms with Gasteiger partial charge >= 0.3 is 0 Å². The predicted octanol–water partition coefficient (Wildman–Crippen LogP) is 3.89. The Kier molecular flexibility index (Phi) is 4.33. The van der Waals surface area contributed by atoms with Crippen LogP contribution >= 0.6 is 15.9 Å². The topological polar surface area (TPSA) is 35.2 Å². The molecule has 18 heavy (non-hydrogen) atoms. The first-order valence-electron chi connectivity index (χ1n) is 5.52. The zero-order chi connectivity index (χ0) is 13.0. The summed E-state index contributed by atoms with van der Waals surface area (Å²) in [5.74, 6) is -0.274. The van der Waals surface area contributed by atoms with Gasteiger partial charge in [0.15, 0.2) is 0 Å². The second-order valence-corrected chi connectivity index (χ2v) is 4.74. The Hall–Kier alpha value is -1.39. The average molecular weight is 310 g/mol. The number of anilines is 1. The van der Waals surface area contributed by atoms with Crippen LogP contribution in [0.25, 0.3) is 0 Å². The van der Waals surface area contributed by atoms with Crippen molar-refractivity contribution < 1.29 is 9.13 Å². The average Bonchev–Trinajstić information content (AvgIpc) is 2.37. The molecule has 2 aromatic rings. The van der Waals surface area contributed by atoms with E-state index in [-0.39, 0.29) is 5.82 Å². The van der Waals surface area contributed by atoms with Crippen molar-refractivity contribution in [3.8, 4) is 0 Å². The van der Waals surface area contributed by atoms with Crippen molar-refractivity contribution in [1.29, 1.82) is 0 Å². The third-order valence-corrected chi connectivity index (χ3v) is 3.43. The normalized spacial score (nSPS) is 10.6. The van der Waals surface area contributed by atoms with Gasteiger partial charge in [-0.25, -0.2) is 4.39 Å². The molecule has 0 aromatic heterocycles. The molecule has 0 aliphatic heterocycles. The van der Waals surface area contributed by atoms with Crippen LogP contribution in [0.5, 0.6) is 0 Å². The van der Waals surface area contributed by atoms with Crippen LogP contribution in [0.15, 0.2) is 46.9 Å². The van der Waals surface area contributed by atoms with Crippen molar-refractivity contribution in [1.82, 2.24) is 0 Å². The highest BCUT2D eigenvalue weighted by atomic mass is 79.9. The molecule has 2 nitrogen and oxygen atoms in total. The molecule has 0 unspecified atom stereocenters. The lowest BCUT2D eigenvalue weighted by Crippen LogP contribution is -1.96. The standard InChI is InChI=1S/C14H13BrFNO/c15-14-11(2-1-3-13(14)16)9-18-8-10-4-6-12(17)7-5-10/h1-7H,8-9,17H2. The van der Waals surface area contributed by atoms with E-state index < -0.39 is 0 Å². The van der Waals surface area contributed by atoms with Crippen molar-refractivity contribution in [3.05, 3.63) is 63.9 Å². The Morgan fingerprint density at radius 1 is 1.06 bits per heavy atom. The van der Waals surface area contributed by atoms with E-state index in [0.29, 0.717) is 17.7 Å². The summed E-state index contributed by atoms with van der Waals surface area (Å²) in [6.07, 6.45) is 0. The van der Waals surface area contributed by atoms with Crippen LogP contribution in [-0.2, 0) is 18.0 Å².